The van der Waals surface area contributed by atoms with Gasteiger partial charge in [-0.1, -0.05) is 12.5 Å². The smallest absolute Gasteiger partial charge is 0.192 e. The fourth-order valence-corrected chi connectivity index (χ4v) is 4.66. The zero-order chi connectivity index (χ0) is 17.4. The molecule has 1 aromatic rings. The Morgan fingerprint density at radius 1 is 1.46 bits per heavy atom. The molecule has 1 saturated heterocycles. The van der Waals surface area contributed by atoms with Gasteiger partial charge in [0.05, 0.1) is 6.10 Å². The van der Waals surface area contributed by atoms with Crippen molar-refractivity contribution < 1.29 is 4.74 Å². The molecular weight excluding hydrogens is 443 g/mol. The third-order valence-electron chi connectivity index (χ3n) is 6.30. The van der Waals surface area contributed by atoms with Crippen molar-refractivity contribution in [1.82, 2.24) is 25.4 Å². The first-order valence-corrected chi connectivity index (χ1v) is 9.28. The van der Waals surface area contributed by atoms with E-state index in [2.05, 4.69) is 27.4 Å². The van der Waals surface area contributed by atoms with Crippen molar-refractivity contribution in [2.75, 3.05) is 13.2 Å². The molecule has 0 radical (unpaired) electrons. The van der Waals surface area contributed by atoms with Crippen LogP contribution in [0, 0.1) is 18.3 Å². The molecule has 3 atom stereocenters. The summed E-state index contributed by atoms with van der Waals surface area (Å²) in [5, 5.41) is 15.4. The van der Waals surface area contributed by atoms with Crippen molar-refractivity contribution in [3.63, 3.8) is 0 Å². The predicted octanol–water partition coefficient (Wildman–Crippen LogP) is 1.92. The molecule has 2 saturated carbocycles. The number of hydrogen-bond donors (Lipinski definition) is 2. The zero-order valence-electron chi connectivity index (χ0n) is 15.6. The summed E-state index contributed by atoms with van der Waals surface area (Å²) in [4.78, 5) is 4.75. The summed E-state index contributed by atoms with van der Waals surface area (Å²) < 4.78 is 7.99. The standard InChI is InChI=1S/C18H28N6O.HI/c1-4-9-19-17(20-11-14-23-22-12(2)24(14)3)21-15-13-6-10-25-16(13)18(15)7-5-8-18;/h4,13,15-16H,1,5-11H2,2-3H3,(H2,19,20,21);1H. The van der Waals surface area contributed by atoms with E-state index in [4.69, 9.17) is 9.73 Å². The molecule has 0 aromatic carbocycles. The number of aliphatic imine (C=N–C) groups is 1. The molecule has 8 heteroatoms. The molecule has 2 heterocycles. The maximum Gasteiger partial charge on any atom is 0.192 e. The molecule has 0 amide bonds. The van der Waals surface area contributed by atoms with Crippen molar-refractivity contribution in [2.24, 2.45) is 23.4 Å². The number of aromatic nitrogens is 3. The lowest BCUT2D eigenvalue weighted by molar-refractivity contribution is -0.171. The van der Waals surface area contributed by atoms with Crippen LogP contribution in [0.1, 0.15) is 37.3 Å². The minimum absolute atomic E-state index is 0. The van der Waals surface area contributed by atoms with Gasteiger partial charge in [0.2, 0.25) is 0 Å². The Labute approximate surface area is 172 Å². The quantitative estimate of drug-likeness (QED) is 0.297. The average molecular weight is 472 g/mol. The molecule has 2 aliphatic carbocycles. The lowest BCUT2D eigenvalue weighted by Gasteiger charge is -2.63. The van der Waals surface area contributed by atoms with Crippen molar-refractivity contribution >= 4 is 29.9 Å². The van der Waals surface area contributed by atoms with E-state index in [-0.39, 0.29) is 24.0 Å². The van der Waals surface area contributed by atoms with Crippen molar-refractivity contribution in [3.05, 3.63) is 24.3 Å². The second kappa shape index (κ2) is 7.84. The number of halogens is 1. The van der Waals surface area contributed by atoms with Crippen LogP contribution in [0.25, 0.3) is 0 Å². The lowest BCUT2D eigenvalue weighted by Crippen LogP contribution is -2.72. The highest BCUT2D eigenvalue weighted by molar-refractivity contribution is 14.0. The molecule has 1 aromatic heterocycles. The minimum atomic E-state index is 0. The summed E-state index contributed by atoms with van der Waals surface area (Å²) in [5.41, 5.74) is 0.333. The van der Waals surface area contributed by atoms with Crippen LogP contribution in [0.2, 0.25) is 0 Å². The summed E-state index contributed by atoms with van der Waals surface area (Å²) >= 11 is 0. The average Bonchev–Trinajstić information content (AvgIpc) is 3.12. The number of hydrogen-bond acceptors (Lipinski definition) is 4. The molecule has 26 heavy (non-hydrogen) atoms. The van der Waals surface area contributed by atoms with Crippen LogP contribution in [-0.2, 0) is 18.3 Å². The summed E-state index contributed by atoms with van der Waals surface area (Å²) in [7, 11) is 1.97. The van der Waals surface area contributed by atoms with Crippen LogP contribution < -0.4 is 10.6 Å². The Morgan fingerprint density at radius 2 is 2.27 bits per heavy atom. The van der Waals surface area contributed by atoms with Crippen molar-refractivity contribution in [3.8, 4) is 0 Å². The van der Waals surface area contributed by atoms with E-state index in [0.717, 1.165) is 30.6 Å². The minimum Gasteiger partial charge on any atom is -0.377 e. The fraction of sp³-hybridized carbons (Fsp3) is 0.722. The number of guanidine groups is 1. The summed E-state index contributed by atoms with van der Waals surface area (Å²) in [5.74, 6) is 3.22. The largest absolute Gasteiger partial charge is 0.377 e. The molecular formula is C18H29IN6O. The topological polar surface area (TPSA) is 76.4 Å². The van der Waals surface area contributed by atoms with Crippen molar-refractivity contribution in [1.29, 1.82) is 0 Å². The third-order valence-corrected chi connectivity index (χ3v) is 6.30. The van der Waals surface area contributed by atoms with E-state index in [1.807, 2.05) is 24.6 Å². The summed E-state index contributed by atoms with van der Waals surface area (Å²) in [6.07, 6.45) is 7.31. The Balaban J connectivity index is 0.00000196. The van der Waals surface area contributed by atoms with Gasteiger partial charge in [-0.05, 0) is 26.2 Å². The number of nitrogens with zero attached hydrogens (tertiary/aromatic N) is 4. The first kappa shape index (κ1) is 19.6. The summed E-state index contributed by atoms with van der Waals surface area (Å²) in [6.45, 7) is 7.85. The highest BCUT2D eigenvalue weighted by Gasteiger charge is 2.66. The Kier molecular flexibility index (Phi) is 5.91. The second-order valence-electron chi connectivity index (χ2n) is 7.51. The monoisotopic (exact) mass is 472 g/mol. The van der Waals surface area contributed by atoms with Gasteiger partial charge in [0.15, 0.2) is 11.8 Å². The van der Waals surface area contributed by atoms with Gasteiger partial charge in [0, 0.05) is 37.6 Å². The maximum absolute atomic E-state index is 6.01. The molecule has 0 bridgehead atoms. The van der Waals surface area contributed by atoms with Gasteiger partial charge in [0.25, 0.3) is 0 Å². The zero-order valence-corrected chi connectivity index (χ0v) is 17.9. The Morgan fingerprint density at radius 3 is 2.88 bits per heavy atom. The highest BCUT2D eigenvalue weighted by atomic mass is 127. The second-order valence-corrected chi connectivity index (χ2v) is 7.51. The van der Waals surface area contributed by atoms with Crippen LogP contribution in [0.5, 0.6) is 0 Å². The van der Waals surface area contributed by atoms with Crippen LogP contribution in [0.15, 0.2) is 17.6 Å². The van der Waals surface area contributed by atoms with E-state index in [0.29, 0.717) is 36.6 Å². The van der Waals surface area contributed by atoms with E-state index >= 15 is 0 Å². The van der Waals surface area contributed by atoms with Gasteiger partial charge in [-0.3, -0.25) is 0 Å². The van der Waals surface area contributed by atoms with Gasteiger partial charge in [-0.25, -0.2) is 4.99 Å². The van der Waals surface area contributed by atoms with Crippen LogP contribution >= 0.6 is 24.0 Å². The third kappa shape index (κ3) is 3.15. The van der Waals surface area contributed by atoms with Crippen molar-refractivity contribution in [2.45, 2.75) is 51.3 Å². The van der Waals surface area contributed by atoms with Gasteiger partial charge in [-0.2, -0.15) is 0 Å². The summed E-state index contributed by atoms with van der Waals surface area (Å²) in [6, 6.07) is 0.464. The number of aryl methyl sites for hydroxylation is 1. The number of nitrogens with one attached hydrogen (secondary N) is 2. The van der Waals surface area contributed by atoms with E-state index in [1.165, 1.54) is 19.3 Å². The number of ether oxygens (including phenoxy) is 1. The van der Waals surface area contributed by atoms with Gasteiger partial charge in [-0.15, -0.1) is 40.8 Å². The van der Waals surface area contributed by atoms with Crippen LogP contribution in [0.3, 0.4) is 0 Å². The SMILES string of the molecule is C=CCNC(=NCc1nnc(C)n1C)NC1C2CCOC2C12CCC2.I. The normalized spacial score (nSPS) is 28.5. The fourth-order valence-electron chi connectivity index (χ4n) is 4.66. The molecule has 3 aliphatic rings. The molecule has 1 spiro atoms. The van der Waals surface area contributed by atoms with Gasteiger partial charge >= 0.3 is 0 Å². The first-order chi connectivity index (χ1) is 12.2. The lowest BCUT2D eigenvalue weighted by atomic mass is 9.46. The molecule has 7 nitrogen and oxygen atoms in total. The van der Waals surface area contributed by atoms with Crippen LogP contribution in [0.4, 0.5) is 0 Å². The number of fused-ring (bicyclic) bond motifs is 2. The Bertz CT molecular complexity index is 683. The maximum atomic E-state index is 6.01. The molecule has 144 valence electrons. The molecule has 3 unspecified atom stereocenters. The van der Waals surface area contributed by atoms with E-state index < -0.39 is 0 Å². The van der Waals surface area contributed by atoms with Gasteiger partial charge in [0.1, 0.15) is 12.4 Å². The molecule has 1 aliphatic heterocycles. The van der Waals surface area contributed by atoms with Gasteiger partial charge < -0.3 is 19.9 Å². The molecule has 2 N–H and O–H groups in total. The predicted molar refractivity (Wildman–Crippen MR) is 112 cm³/mol. The van der Waals surface area contributed by atoms with E-state index in [1.54, 1.807) is 0 Å². The highest BCUT2D eigenvalue weighted by Crippen LogP contribution is 2.62. The van der Waals surface area contributed by atoms with E-state index in [9.17, 15) is 0 Å². The Hall–Kier alpha value is -1.16. The number of rotatable bonds is 5. The molecule has 4 rings (SSSR count). The van der Waals surface area contributed by atoms with Crippen LogP contribution in [-0.4, -0.2) is 46.0 Å². The molecule has 3 fully saturated rings. The first-order valence-electron chi connectivity index (χ1n) is 9.28.